The Balaban J connectivity index is 1.92. The molecule has 0 unspecified atom stereocenters. The fourth-order valence-corrected chi connectivity index (χ4v) is 2.76. The van der Waals surface area contributed by atoms with Crippen LogP contribution in [0.2, 0.25) is 13.6 Å². The van der Waals surface area contributed by atoms with Crippen molar-refractivity contribution in [3.63, 3.8) is 0 Å². The highest BCUT2D eigenvalue weighted by molar-refractivity contribution is 6.76. The molecule has 1 aromatic heterocycles. The lowest BCUT2D eigenvalue weighted by Gasteiger charge is -2.48. The van der Waals surface area contributed by atoms with Crippen molar-refractivity contribution in [1.29, 1.82) is 0 Å². The highest BCUT2D eigenvalue weighted by atomic mass is 15.4. The summed E-state index contributed by atoms with van der Waals surface area (Å²) in [4.78, 5) is 4.71. The molecule has 20 heavy (non-hydrogen) atoms. The molecule has 2 heterocycles. The first-order chi connectivity index (χ1) is 9.68. The number of hydrogen-bond donors (Lipinski definition) is 1. The SMILES string of the molecule is CB1N(C)B(C)N(c2ccn[nH]2)CN1c1ccccc1. The molecule has 0 aliphatic carbocycles. The van der Waals surface area contributed by atoms with E-state index in [0.29, 0.717) is 14.0 Å². The van der Waals surface area contributed by atoms with Gasteiger partial charge in [0, 0.05) is 5.69 Å². The van der Waals surface area contributed by atoms with Gasteiger partial charge in [-0.05, 0) is 25.2 Å². The second-order valence-corrected chi connectivity index (χ2v) is 5.29. The summed E-state index contributed by atoms with van der Waals surface area (Å²) in [6.45, 7) is 5.99. The molecule has 0 radical (unpaired) electrons. The molecule has 1 saturated heterocycles. The largest absolute Gasteiger partial charge is 0.386 e. The fraction of sp³-hybridized carbons (Fsp3) is 0.308. The minimum absolute atomic E-state index is 0.324. The molecule has 3 rings (SSSR count). The third kappa shape index (κ3) is 2.18. The second kappa shape index (κ2) is 5.25. The number of rotatable bonds is 2. The summed E-state index contributed by atoms with van der Waals surface area (Å²) in [6, 6.07) is 12.6. The van der Waals surface area contributed by atoms with E-state index in [4.69, 9.17) is 0 Å². The van der Waals surface area contributed by atoms with Crippen LogP contribution < -0.4 is 9.62 Å². The van der Waals surface area contributed by atoms with Crippen LogP contribution >= 0.6 is 0 Å². The smallest absolute Gasteiger partial charge is 0.332 e. The summed E-state index contributed by atoms with van der Waals surface area (Å²) in [6.07, 6.45) is 1.80. The molecule has 1 fully saturated rings. The van der Waals surface area contributed by atoms with Gasteiger partial charge in [-0.3, -0.25) is 5.10 Å². The van der Waals surface area contributed by atoms with Gasteiger partial charge in [-0.25, -0.2) is 0 Å². The standard InChI is InChI=1S/C13H19B2N5/c1-14-18(3)15(2)20(13-9-10-16-17-13)11-19(14)12-7-5-4-6-8-12/h4-10H,11H2,1-3H3,(H,16,17). The van der Waals surface area contributed by atoms with Crippen molar-refractivity contribution in [2.75, 3.05) is 23.3 Å². The average molecular weight is 267 g/mol. The van der Waals surface area contributed by atoms with Crippen LogP contribution in [-0.4, -0.2) is 42.6 Å². The van der Waals surface area contributed by atoms with Crippen LogP contribution in [0, 0.1) is 0 Å². The van der Waals surface area contributed by atoms with Crippen LogP contribution in [0.3, 0.4) is 0 Å². The zero-order chi connectivity index (χ0) is 14.1. The Morgan fingerprint density at radius 3 is 2.40 bits per heavy atom. The Hall–Kier alpha value is -1.88. The summed E-state index contributed by atoms with van der Waals surface area (Å²) in [5.74, 6) is 1.05. The number of anilines is 2. The van der Waals surface area contributed by atoms with Crippen molar-refractivity contribution in [2.24, 2.45) is 0 Å². The Labute approximate surface area is 120 Å². The Bertz CT molecular complexity index is 547. The summed E-state index contributed by atoms with van der Waals surface area (Å²) in [5, 5.41) is 7.14. The van der Waals surface area contributed by atoms with Gasteiger partial charge in [-0.1, -0.05) is 31.8 Å². The van der Waals surface area contributed by atoms with Gasteiger partial charge in [0.1, 0.15) is 5.82 Å². The normalized spacial score (nSPS) is 16.9. The first-order valence-corrected chi connectivity index (χ1v) is 6.98. The zero-order valence-electron chi connectivity index (χ0n) is 12.2. The lowest BCUT2D eigenvalue weighted by molar-refractivity contribution is 0.718. The maximum Gasteiger partial charge on any atom is 0.332 e. The van der Waals surface area contributed by atoms with Crippen LogP contribution in [0.25, 0.3) is 0 Å². The van der Waals surface area contributed by atoms with Crippen molar-refractivity contribution in [3.8, 4) is 0 Å². The van der Waals surface area contributed by atoms with E-state index in [1.54, 1.807) is 6.20 Å². The van der Waals surface area contributed by atoms with Crippen molar-refractivity contribution in [1.82, 2.24) is 14.9 Å². The molecule has 0 bridgehead atoms. The molecule has 1 aromatic carbocycles. The highest BCUT2D eigenvalue weighted by Crippen LogP contribution is 2.25. The van der Waals surface area contributed by atoms with Crippen LogP contribution in [0.4, 0.5) is 11.5 Å². The number of nitrogens with zero attached hydrogens (tertiary/aromatic N) is 4. The molecule has 102 valence electrons. The number of H-pyrrole nitrogens is 1. The fourth-order valence-electron chi connectivity index (χ4n) is 2.76. The monoisotopic (exact) mass is 267 g/mol. The molecular weight excluding hydrogens is 248 g/mol. The third-order valence-electron chi connectivity index (χ3n) is 4.27. The quantitative estimate of drug-likeness (QED) is 0.843. The molecule has 7 heteroatoms. The van der Waals surface area contributed by atoms with Gasteiger partial charge in [0.05, 0.1) is 12.9 Å². The number of nitrogens with one attached hydrogen (secondary N) is 1. The minimum atomic E-state index is 0.324. The number of aromatic amines is 1. The predicted molar refractivity (Wildman–Crippen MR) is 85.9 cm³/mol. The van der Waals surface area contributed by atoms with Gasteiger partial charge in [0.2, 0.25) is 0 Å². The van der Waals surface area contributed by atoms with Crippen LogP contribution in [0.1, 0.15) is 0 Å². The Morgan fingerprint density at radius 2 is 1.75 bits per heavy atom. The second-order valence-electron chi connectivity index (χ2n) is 5.29. The Kier molecular flexibility index (Phi) is 3.44. The van der Waals surface area contributed by atoms with E-state index in [-0.39, 0.29) is 0 Å². The summed E-state index contributed by atoms with van der Waals surface area (Å²) in [5.41, 5.74) is 1.24. The summed E-state index contributed by atoms with van der Waals surface area (Å²) in [7, 11) is 2.16. The first-order valence-electron chi connectivity index (χ1n) is 6.98. The topological polar surface area (TPSA) is 38.4 Å². The van der Waals surface area contributed by atoms with Crippen molar-refractivity contribution in [3.05, 3.63) is 42.6 Å². The number of para-hydroxylation sites is 1. The van der Waals surface area contributed by atoms with E-state index in [1.165, 1.54) is 5.69 Å². The molecule has 1 aliphatic heterocycles. The van der Waals surface area contributed by atoms with E-state index < -0.39 is 0 Å². The molecule has 0 atom stereocenters. The van der Waals surface area contributed by atoms with Gasteiger partial charge in [-0.2, -0.15) is 5.10 Å². The number of hydrogen-bond acceptors (Lipinski definition) is 4. The van der Waals surface area contributed by atoms with Gasteiger partial charge in [0.15, 0.2) is 0 Å². The van der Waals surface area contributed by atoms with Crippen molar-refractivity contribution in [2.45, 2.75) is 13.6 Å². The molecule has 1 aliphatic rings. The van der Waals surface area contributed by atoms with Gasteiger partial charge < -0.3 is 14.3 Å². The van der Waals surface area contributed by atoms with Crippen molar-refractivity contribution >= 4 is 25.5 Å². The molecule has 0 spiro atoms. The summed E-state index contributed by atoms with van der Waals surface area (Å²) >= 11 is 0. The molecule has 0 amide bonds. The predicted octanol–water partition coefficient (Wildman–Crippen LogP) is 1.86. The van der Waals surface area contributed by atoms with Gasteiger partial charge in [-0.15, -0.1) is 0 Å². The molecule has 1 N–H and O–H groups in total. The van der Waals surface area contributed by atoms with E-state index in [0.717, 1.165) is 12.5 Å². The van der Waals surface area contributed by atoms with Crippen LogP contribution in [0.5, 0.6) is 0 Å². The van der Waals surface area contributed by atoms with Crippen LogP contribution in [0.15, 0.2) is 42.6 Å². The molecule has 0 saturated carbocycles. The highest BCUT2D eigenvalue weighted by Gasteiger charge is 2.39. The lowest BCUT2D eigenvalue weighted by Crippen LogP contribution is -2.69. The van der Waals surface area contributed by atoms with Crippen molar-refractivity contribution < 1.29 is 0 Å². The maximum absolute atomic E-state index is 4.07. The summed E-state index contributed by atoms with van der Waals surface area (Å²) < 4.78 is 2.36. The maximum atomic E-state index is 4.07. The first kappa shape index (κ1) is 13.1. The molecule has 5 nitrogen and oxygen atoms in total. The minimum Gasteiger partial charge on any atom is -0.386 e. The van der Waals surface area contributed by atoms with E-state index in [9.17, 15) is 0 Å². The van der Waals surface area contributed by atoms with Crippen LogP contribution in [-0.2, 0) is 0 Å². The van der Waals surface area contributed by atoms with Gasteiger partial charge in [0.25, 0.3) is 0 Å². The van der Waals surface area contributed by atoms with E-state index in [2.05, 4.69) is 75.6 Å². The Morgan fingerprint density at radius 1 is 1.05 bits per heavy atom. The number of benzene rings is 1. The molecule has 2 aromatic rings. The third-order valence-corrected chi connectivity index (χ3v) is 4.27. The average Bonchev–Trinajstić information content (AvgIpc) is 3.00. The lowest BCUT2D eigenvalue weighted by atomic mass is 9.58. The molecular formula is C13H19B2N5. The van der Waals surface area contributed by atoms with E-state index in [1.807, 2.05) is 6.07 Å². The number of aromatic nitrogens is 2. The van der Waals surface area contributed by atoms with E-state index >= 15 is 0 Å². The zero-order valence-corrected chi connectivity index (χ0v) is 12.2. The van der Waals surface area contributed by atoms with Gasteiger partial charge >= 0.3 is 14.0 Å².